The normalized spacial score (nSPS) is 12.1. The Kier molecular flexibility index (Phi) is 6.38. The van der Waals surface area contributed by atoms with Crippen molar-refractivity contribution in [3.05, 3.63) is 28.8 Å². The second-order valence-electron chi connectivity index (χ2n) is 3.38. The van der Waals surface area contributed by atoms with Crippen molar-refractivity contribution in [3.63, 3.8) is 0 Å². The summed E-state index contributed by atoms with van der Waals surface area (Å²) in [6.07, 6.45) is -0.508. The second-order valence-corrected chi connectivity index (χ2v) is 4.85. The van der Waals surface area contributed by atoms with Gasteiger partial charge in [-0.1, -0.05) is 11.6 Å². The van der Waals surface area contributed by atoms with Crippen LogP contribution in [0.15, 0.2) is 23.1 Å². The van der Waals surface area contributed by atoms with Crippen LogP contribution in [-0.4, -0.2) is 30.2 Å². The van der Waals surface area contributed by atoms with Gasteiger partial charge in [0.05, 0.1) is 29.4 Å². The van der Waals surface area contributed by atoms with Crippen LogP contribution in [0.25, 0.3) is 0 Å². The molecular formula is C12H14ClNO2S. The molecule has 0 aliphatic rings. The molecule has 0 aromatic heterocycles. The summed E-state index contributed by atoms with van der Waals surface area (Å²) in [7, 11) is 0. The maximum atomic E-state index is 9.59. The topological polar surface area (TPSA) is 53.2 Å². The van der Waals surface area contributed by atoms with Crippen molar-refractivity contribution in [1.82, 2.24) is 0 Å². The molecular weight excluding hydrogens is 258 g/mol. The molecule has 1 atom stereocenters. The van der Waals surface area contributed by atoms with Crippen LogP contribution in [0.2, 0.25) is 5.02 Å². The largest absolute Gasteiger partial charge is 0.390 e. The first kappa shape index (κ1) is 14.3. The molecule has 17 heavy (non-hydrogen) atoms. The quantitative estimate of drug-likeness (QED) is 0.809. The monoisotopic (exact) mass is 271 g/mol. The summed E-state index contributed by atoms with van der Waals surface area (Å²) in [4.78, 5) is 0.862. The average molecular weight is 272 g/mol. The molecule has 0 spiro atoms. The first-order valence-corrected chi connectivity index (χ1v) is 6.62. The van der Waals surface area contributed by atoms with Crippen LogP contribution in [0.1, 0.15) is 12.5 Å². The molecule has 92 valence electrons. The number of aliphatic hydroxyl groups is 1. The molecule has 1 aromatic carbocycles. The minimum Gasteiger partial charge on any atom is -0.390 e. The number of halogens is 1. The number of ether oxygens (including phenoxy) is 1. The van der Waals surface area contributed by atoms with Gasteiger partial charge in [0, 0.05) is 17.3 Å². The summed E-state index contributed by atoms with van der Waals surface area (Å²) < 4.78 is 5.11. The molecule has 1 N–H and O–H groups in total. The maximum absolute atomic E-state index is 9.59. The molecule has 0 amide bonds. The average Bonchev–Trinajstić information content (AvgIpc) is 2.34. The minimum atomic E-state index is -0.508. The molecule has 0 bridgehead atoms. The molecule has 5 heteroatoms. The number of benzene rings is 1. The van der Waals surface area contributed by atoms with Gasteiger partial charge in [-0.25, -0.2) is 0 Å². The van der Waals surface area contributed by atoms with Crippen LogP contribution in [0.5, 0.6) is 0 Å². The van der Waals surface area contributed by atoms with Crippen LogP contribution in [-0.2, 0) is 4.74 Å². The molecule has 0 aliphatic carbocycles. The fraction of sp³-hybridized carbons (Fsp3) is 0.417. The molecule has 1 aromatic rings. The highest BCUT2D eigenvalue weighted by Gasteiger charge is 2.07. The van der Waals surface area contributed by atoms with Gasteiger partial charge in [-0.2, -0.15) is 5.26 Å². The first-order valence-electron chi connectivity index (χ1n) is 5.25. The zero-order chi connectivity index (χ0) is 12.7. The predicted molar refractivity (Wildman–Crippen MR) is 69.4 cm³/mol. The van der Waals surface area contributed by atoms with Gasteiger partial charge in [-0.15, -0.1) is 11.8 Å². The zero-order valence-electron chi connectivity index (χ0n) is 9.52. The number of hydrogen-bond acceptors (Lipinski definition) is 4. The molecule has 3 nitrogen and oxygen atoms in total. The van der Waals surface area contributed by atoms with Crippen molar-refractivity contribution < 1.29 is 9.84 Å². The second kappa shape index (κ2) is 7.57. The Morgan fingerprint density at radius 2 is 2.35 bits per heavy atom. The van der Waals surface area contributed by atoms with Gasteiger partial charge in [0.25, 0.3) is 0 Å². The van der Waals surface area contributed by atoms with Gasteiger partial charge in [-0.3, -0.25) is 0 Å². The highest BCUT2D eigenvalue weighted by molar-refractivity contribution is 7.99. The highest BCUT2D eigenvalue weighted by Crippen LogP contribution is 2.28. The molecule has 0 fully saturated rings. The lowest BCUT2D eigenvalue weighted by molar-refractivity contribution is 0.0551. The van der Waals surface area contributed by atoms with Crippen LogP contribution >= 0.6 is 23.4 Å². The van der Waals surface area contributed by atoms with Crippen LogP contribution < -0.4 is 0 Å². The van der Waals surface area contributed by atoms with Gasteiger partial charge >= 0.3 is 0 Å². The minimum absolute atomic E-state index is 0.331. The van der Waals surface area contributed by atoms with Crippen LogP contribution in [0.3, 0.4) is 0 Å². The smallest absolute Gasteiger partial charge is 0.0992 e. The summed E-state index contributed by atoms with van der Waals surface area (Å²) in [5, 5.41) is 18.8. The van der Waals surface area contributed by atoms with Crippen molar-refractivity contribution in [2.24, 2.45) is 0 Å². The van der Waals surface area contributed by atoms with E-state index in [1.54, 1.807) is 18.2 Å². The van der Waals surface area contributed by atoms with E-state index in [4.69, 9.17) is 21.6 Å². The Balaban J connectivity index is 2.49. The lowest BCUT2D eigenvalue weighted by atomic mass is 10.2. The predicted octanol–water partition coefficient (Wildman–Crippen LogP) is 2.70. The number of nitrogens with zero attached hydrogens (tertiary/aromatic N) is 1. The molecule has 0 radical (unpaired) electrons. The molecule has 0 saturated heterocycles. The van der Waals surface area contributed by atoms with E-state index in [0.717, 1.165) is 4.90 Å². The summed E-state index contributed by atoms with van der Waals surface area (Å²) >= 11 is 7.46. The van der Waals surface area contributed by atoms with E-state index in [-0.39, 0.29) is 0 Å². The van der Waals surface area contributed by atoms with E-state index in [1.807, 2.05) is 13.0 Å². The lowest BCUT2D eigenvalue weighted by Gasteiger charge is -2.10. The summed E-state index contributed by atoms with van der Waals surface area (Å²) in [5.74, 6) is 0.519. The number of thioether (sulfide) groups is 1. The van der Waals surface area contributed by atoms with Gasteiger partial charge in [0.2, 0.25) is 0 Å². The van der Waals surface area contributed by atoms with Gasteiger partial charge in [0.1, 0.15) is 0 Å². The Morgan fingerprint density at radius 1 is 1.59 bits per heavy atom. The molecule has 1 unspecified atom stereocenters. The van der Waals surface area contributed by atoms with Crippen molar-refractivity contribution >= 4 is 23.4 Å². The Labute approximate surface area is 110 Å². The summed E-state index contributed by atoms with van der Waals surface area (Å²) in [6, 6.07) is 7.15. The van der Waals surface area contributed by atoms with Gasteiger partial charge < -0.3 is 9.84 Å². The lowest BCUT2D eigenvalue weighted by Crippen LogP contribution is -2.17. The fourth-order valence-electron chi connectivity index (χ4n) is 1.18. The van der Waals surface area contributed by atoms with E-state index in [1.165, 1.54) is 11.8 Å². The van der Waals surface area contributed by atoms with Crippen molar-refractivity contribution in [2.75, 3.05) is 19.0 Å². The number of rotatable bonds is 6. The third-order valence-corrected chi connectivity index (χ3v) is 3.65. The SMILES string of the molecule is CCOCC(O)CSc1ccc(C#N)cc1Cl. The Morgan fingerprint density at radius 3 is 2.94 bits per heavy atom. The van der Waals surface area contributed by atoms with Gasteiger partial charge in [-0.05, 0) is 25.1 Å². The third-order valence-electron chi connectivity index (χ3n) is 2.01. The van der Waals surface area contributed by atoms with Crippen molar-refractivity contribution in [3.8, 4) is 6.07 Å². The number of aliphatic hydroxyl groups excluding tert-OH is 1. The fourth-order valence-corrected chi connectivity index (χ4v) is 2.35. The van der Waals surface area contributed by atoms with E-state index < -0.39 is 6.10 Å². The van der Waals surface area contributed by atoms with E-state index in [0.29, 0.717) is 29.6 Å². The summed E-state index contributed by atoms with van der Waals surface area (Å²) in [6.45, 7) is 2.81. The standard InChI is InChI=1S/C12H14ClNO2S/c1-2-16-7-10(15)8-17-12-4-3-9(6-14)5-11(12)13/h3-5,10,15H,2,7-8H2,1H3. The third kappa shape index (κ3) is 4.97. The highest BCUT2D eigenvalue weighted by atomic mass is 35.5. The van der Waals surface area contributed by atoms with E-state index in [2.05, 4.69) is 0 Å². The van der Waals surface area contributed by atoms with Crippen molar-refractivity contribution in [1.29, 1.82) is 5.26 Å². The zero-order valence-corrected chi connectivity index (χ0v) is 11.1. The summed E-state index contributed by atoms with van der Waals surface area (Å²) in [5.41, 5.74) is 0.536. The van der Waals surface area contributed by atoms with Crippen LogP contribution in [0, 0.1) is 11.3 Å². The number of hydrogen-bond donors (Lipinski definition) is 1. The van der Waals surface area contributed by atoms with E-state index >= 15 is 0 Å². The maximum Gasteiger partial charge on any atom is 0.0992 e. The Hall–Kier alpha value is -0.730. The molecule has 0 aliphatic heterocycles. The molecule has 1 rings (SSSR count). The van der Waals surface area contributed by atoms with Gasteiger partial charge in [0.15, 0.2) is 0 Å². The first-order chi connectivity index (χ1) is 8.17. The Bertz CT molecular complexity index is 406. The molecule has 0 saturated carbocycles. The number of nitriles is 1. The van der Waals surface area contributed by atoms with Crippen LogP contribution in [0.4, 0.5) is 0 Å². The van der Waals surface area contributed by atoms with E-state index in [9.17, 15) is 5.11 Å². The molecule has 0 heterocycles. The van der Waals surface area contributed by atoms with Crippen molar-refractivity contribution in [2.45, 2.75) is 17.9 Å².